The third kappa shape index (κ3) is 6.32. The van der Waals surface area contributed by atoms with Gasteiger partial charge in [0.05, 0.1) is 7.11 Å². The molecule has 4 nitrogen and oxygen atoms in total. The SMILES string of the molecule is COc1cccc(CNC(=O)NCCCc2cccc(Br)c2)c1. The lowest BCUT2D eigenvalue weighted by molar-refractivity contribution is 0.240. The molecule has 0 aliphatic heterocycles. The normalized spacial score (nSPS) is 10.2. The fourth-order valence-corrected chi connectivity index (χ4v) is 2.66. The third-order valence-corrected chi connectivity index (χ3v) is 3.90. The number of aryl methyl sites for hydroxylation is 1. The van der Waals surface area contributed by atoms with E-state index in [1.807, 2.05) is 36.4 Å². The van der Waals surface area contributed by atoms with E-state index in [-0.39, 0.29) is 6.03 Å². The minimum Gasteiger partial charge on any atom is -0.497 e. The van der Waals surface area contributed by atoms with Gasteiger partial charge >= 0.3 is 6.03 Å². The fourth-order valence-electron chi connectivity index (χ4n) is 2.21. The average Bonchev–Trinajstić information content (AvgIpc) is 2.57. The van der Waals surface area contributed by atoms with Gasteiger partial charge in [-0.15, -0.1) is 0 Å². The van der Waals surface area contributed by atoms with E-state index in [0.29, 0.717) is 13.1 Å². The van der Waals surface area contributed by atoms with Crippen molar-refractivity contribution in [2.45, 2.75) is 19.4 Å². The first-order valence-corrected chi connectivity index (χ1v) is 8.36. The van der Waals surface area contributed by atoms with Crippen molar-refractivity contribution in [1.82, 2.24) is 10.6 Å². The Balaban J connectivity index is 1.65. The molecule has 0 aromatic heterocycles. The molecule has 0 unspecified atom stereocenters. The molecule has 2 aromatic rings. The van der Waals surface area contributed by atoms with Gasteiger partial charge in [0.2, 0.25) is 0 Å². The van der Waals surface area contributed by atoms with E-state index in [1.165, 1.54) is 5.56 Å². The zero-order valence-electron chi connectivity index (χ0n) is 13.1. The van der Waals surface area contributed by atoms with E-state index in [1.54, 1.807) is 7.11 Å². The number of carbonyl (C=O) groups excluding carboxylic acids is 1. The van der Waals surface area contributed by atoms with Crippen molar-refractivity contribution in [2.24, 2.45) is 0 Å². The first kappa shape index (κ1) is 17.3. The Morgan fingerprint density at radius 1 is 1.09 bits per heavy atom. The minimum atomic E-state index is -0.151. The van der Waals surface area contributed by atoms with Gasteiger partial charge in [-0.2, -0.15) is 0 Å². The van der Waals surface area contributed by atoms with Gasteiger partial charge in [-0.25, -0.2) is 4.79 Å². The van der Waals surface area contributed by atoms with Crippen molar-refractivity contribution < 1.29 is 9.53 Å². The second-order valence-electron chi connectivity index (χ2n) is 5.19. The molecule has 0 heterocycles. The molecule has 23 heavy (non-hydrogen) atoms. The average molecular weight is 377 g/mol. The Bertz CT molecular complexity index is 646. The van der Waals surface area contributed by atoms with Crippen LogP contribution in [0.3, 0.4) is 0 Å². The van der Waals surface area contributed by atoms with Crippen LogP contribution in [0.15, 0.2) is 53.0 Å². The number of hydrogen-bond acceptors (Lipinski definition) is 2. The van der Waals surface area contributed by atoms with E-state index < -0.39 is 0 Å². The Hall–Kier alpha value is -2.01. The van der Waals surface area contributed by atoms with E-state index in [9.17, 15) is 4.79 Å². The number of nitrogens with one attached hydrogen (secondary N) is 2. The zero-order chi connectivity index (χ0) is 16.5. The molecule has 0 aliphatic carbocycles. The maximum absolute atomic E-state index is 11.8. The van der Waals surface area contributed by atoms with Crippen molar-refractivity contribution in [2.75, 3.05) is 13.7 Å². The van der Waals surface area contributed by atoms with Crippen LogP contribution in [0, 0.1) is 0 Å². The molecule has 2 aromatic carbocycles. The Kier molecular flexibility index (Phi) is 6.94. The lowest BCUT2D eigenvalue weighted by atomic mass is 10.1. The highest BCUT2D eigenvalue weighted by molar-refractivity contribution is 9.10. The van der Waals surface area contributed by atoms with Crippen molar-refractivity contribution in [3.63, 3.8) is 0 Å². The van der Waals surface area contributed by atoms with Crippen LogP contribution in [0.4, 0.5) is 4.79 Å². The van der Waals surface area contributed by atoms with Crippen molar-refractivity contribution in [3.05, 3.63) is 64.1 Å². The van der Waals surface area contributed by atoms with Crippen LogP contribution in [0.1, 0.15) is 17.5 Å². The Labute approximate surface area is 145 Å². The monoisotopic (exact) mass is 376 g/mol. The maximum Gasteiger partial charge on any atom is 0.315 e. The summed E-state index contributed by atoms with van der Waals surface area (Å²) < 4.78 is 6.24. The number of hydrogen-bond donors (Lipinski definition) is 2. The Morgan fingerprint density at radius 2 is 1.87 bits per heavy atom. The standard InChI is InChI=1S/C18H21BrN2O2/c1-23-17-9-3-6-15(12-17)13-21-18(22)20-10-4-7-14-5-2-8-16(19)11-14/h2-3,5-6,8-9,11-12H,4,7,10,13H2,1H3,(H2,20,21,22). The van der Waals surface area contributed by atoms with Crippen molar-refractivity contribution >= 4 is 22.0 Å². The van der Waals surface area contributed by atoms with Crippen LogP contribution < -0.4 is 15.4 Å². The van der Waals surface area contributed by atoms with Crippen LogP contribution in [-0.4, -0.2) is 19.7 Å². The van der Waals surface area contributed by atoms with Crippen LogP contribution in [0.25, 0.3) is 0 Å². The summed E-state index contributed by atoms with van der Waals surface area (Å²) in [6, 6.07) is 15.7. The fraction of sp³-hybridized carbons (Fsp3) is 0.278. The summed E-state index contributed by atoms with van der Waals surface area (Å²) in [7, 11) is 1.63. The lowest BCUT2D eigenvalue weighted by Crippen LogP contribution is -2.35. The largest absolute Gasteiger partial charge is 0.497 e. The van der Waals surface area contributed by atoms with E-state index in [0.717, 1.165) is 28.6 Å². The number of halogens is 1. The number of benzene rings is 2. The van der Waals surface area contributed by atoms with Gasteiger partial charge in [0.1, 0.15) is 5.75 Å². The molecule has 0 aliphatic rings. The molecule has 0 spiro atoms. The molecule has 2 amide bonds. The van der Waals surface area contributed by atoms with Crippen LogP contribution in [-0.2, 0) is 13.0 Å². The van der Waals surface area contributed by atoms with Gasteiger partial charge in [0.15, 0.2) is 0 Å². The topological polar surface area (TPSA) is 50.4 Å². The Morgan fingerprint density at radius 3 is 2.65 bits per heavy atom. The van der Waals surface area contributed by atoms with Gasteiger partial charge in [-0.05, 0) is 48.2 Å². The number of urea groups is 1. The third-order valence-electron chi connectivity index (χ3n) is 3.40. The predicted molar refractivity (Wildman–Crippen MR) is 95.7 cm³/mol. The summed E-state index contributed by atoms with van der Waals surface area (Å²) in [6.07, 6.45) is 1.85. The summed E-state index contributed by atoms with van der Waals surface area (Å²) in [5.41, 5.74) is 2.27. The molecule has 5 heteroatoms. The number of amides is 2. The highest BCUT2D eigenvalue weighted by Gasteiger charge is 2.01. The predicted octanol–water partition coefficient (Wildman–Crippen LogP) is 3.89. The van der Waals surface area contributed by atoms with Crippen LogP contribution in [0.2, 0.25) is 0 Å². The van der Waals surface area contributed by atoms with Gasteiger partial charge in [0, 0.05) is 17.6 Å². The van der Waals surface area contributed by atoms with Gasteiger partial charge in [-0.3, -0.25) is 0 Å². The summed E-state index contributed by atoms with van der Waals surface area (Å²) in [5, 5.41) is 5.72. The number of methoxy groups -OCH3 is 1. The molecule has 0 fully saturated rings. The van der Waals surface area contributed by atoms with Gasteiger partial charge in [0.25, 0.3) is 0 Å². The molecule has 0 saturated carbocycles. The van der Waals surface area contributed by atoms with Gasteiger partial charge in [-0.1, -0.05) is 40.2 Å². The van der Waals surface area contributed by atoms with E-state index >= 15 is 0 Å². The zero-order valence-corrected chi connectivity index (χ0v) is 14.7. The van der Waals surface area contributed by atoms with Crippen molar-refractivity contribution in [1.29, 1.82) is 0 Å². The number of ether oxygens (including phenoxy) is 1. The summed E-state index contributed by atoms with van der Waals surface area (Å²) in [6.45, 7) is 1.13. The molecule has 2 rings (SSSR count). The van der Waals surface area contributed by atoms with Crippen LogP contribution >= 0.6 is 15.9 Å². The highest BCUT2D eigenvalue weighted by Crippen LogP contribution is 2.13. The molecule has 0 radical (unpaired) electrons. The molecule has 0 atom stereocenters. The number of rotatable bonds is 7. The van der Waals surface area contributed by atoms with Crippen LogP contribution in [0.5, 0.6) is 5.75 Å². The first-order valence-electron chi connectivity index (χ1n) is 7.56. The molecule has 2 N–H and O–H groups in total. The minimum absolute atomic E-state index is 0.151. The lowest BCUT2D eigenvalue weighted by Gasteiger charge is -2.09. The molecule has 0 bridgehead atoms. The summed E-state index contributed by atoms with van der Waals surface area (Å²) in [5.74, 6) is 0.790. The van der Waals surface area contributed by atoms with Crippen molar-refractivity contribution in [3.8, 4) is 5.75 Å². The molecule has 122 valence electrons. The summed E-state index contributed by atoms with van der Waals surface area (Å²) >= 11 is 3.46. The highest BCUT2D eigenvalue weighted by atomic mass is 79.9. The van der Waals surface area contributed by atoms with Gasteiger partial charge < -0.3 is 15.4 Å². The summed E-state index contributed by atoms with van der Waals surface area (Å²) in [4.78, 5) is 11.8. The van der Waals surface area contributed by atoms with E-state index in [2.05, 4.69) is 38.7 Å². The molecular weight excluding hydrogens is 356 g/mol. The molecule has 0 saturated heterocycles. The number of carbonyl (C=O) groups is 1. The smallest absolute Gasteiger partial charge is 0.315 e. The second kappa shape index (κ2) is 9.20. The maximum atomic E-state index is 11.8. The molecular formula is C18H21BrN2O2. The van der Waals surface area contributed by atoms with E-state index in [4.69, 9.17) is 4.74 Å². The second-order valence-corrected chi connectivity index (χ2v) is 6.11. The quantitative estimate of drug-likeness (QED) is 0.720. The first-order chi connectivity index (χ1) is 11.2.